The Morgan fingerprint density at radius 3 is 2.56 bits per heavy atom. The highest BCUT2D eigenvalue weighted by molar-refractivity contribution is 7.92. The normalized spacial score (nSPS) is 14.6. The molecular formula is C24H28N4O5S. The minimum absolute atomic E-state index is 0.00954. The lowest BCUT2D eigenvalue weighted by molar-refractivity contribution is 0.0913. The van der Waals surface area contributed by atoms with Gasteiger partial charge in [-0.2, -0.15) is 4.98 Å². The molecule has 0 aliphatic heterocycles. The lowest BCUT2D eigenvalue weighted by atomic mass is 10.0. The number of sulfonamides is 1. The van der Waals surface area contributed by atoms with Gasteiger partial charge in [0.25, 0.3) is 15.9 Å². The Morgan fingerprint density at radius 1 is 1.18 bits per heavy atom. The van der Waals surface area contributed by atoms with E-state index in [1.54, 1.807) is 30.3 Å². The Labute approximate surface area is 199 Å². The number of carbonyl (C=O) groups is 1. The summed E-state index contributed by atoms with van der Waals surface area (Å²) in [5, 5.41) is 6.93. The molecule has 1 saturated carbocycles. The van der Waals surface area contributed by atoms with Gasteiger partial charge in [-0.05, 0) is 68.1 Å². The van der Waals surface area contributed by atoms with Gasteiger partial charge in [0.2, 0.25) is 5.89 Å². The molecule has 0 radical (unpaired) electrons. The predicted molar refractivity (Wildman–Crippen MR) is 126 cm³/mol. The molecule has 0 saturated heterocycles. The highest BCUT2D eigenvalue weighted by atomic mass is 32.2. The SMILES string of the molecule is CCOc1ccc(NS(=O)(=O)c2cccc(C(=O)NC(c3nc(C4CC4)no3)C(C)C)c2)cc1. The van der Waals surface area contributed by atoms with Gasteiger partial charge in [0.1, 0.15) is 11.8 Å². The molecule has 1 aromatic heterocycles. The zero-order valence-corrected chi connectivity index (χ0v) is 20.1. The second-order valence-corrected chi connectivity index (χ2v) is 10.2. The molecule has 1 aliphatic rings. The quantitative estimate of drug-likeness (QED) is 0.440. The maximum Gasteiger partial charge on any atom is 0.261 e. The zero-order valence-electron chi connectivity index (χ0n) is 19.3. The van der Waals surface area contributed by atoms with Crippen molar-refractivity contribution in [3.63, 3.8) is 0 Å². The first kappa shape index (κ1) is 23.7. The highest BCUT2D eigenvalue weighted by Gasteiger charge is 2.32. The summed E-state index contributed by atoms with van der Waals surface area (Å²) in [4.78, 5) is 17.4. The summed E-state index contributed by atoms with van der Waals surface area (Å²) in [7, 11) is -3.90. The standard InChI is InChI=1S/C24H28N4O5S/c1-4-32-19-12-10-18(11-13-19)28-34(30,31)20-7-5-6-17(14-20)23(29)25-21(15(2)3)24-26-22(27-33-24)16-8-9-16/h5-7,10-16,21,28H,4,8-9H2,1-3H3,(H,25,29). The number of benzene rings is 2. The summed E-state index contributed by atoms with van der Waals surface area (Å²) in [6.45, 7) is 6.27. The maximum atomic E-state index is 13.0. The minimum Gasteiger partial charge on any atom is -0.494 e. The molecule has 34 heavy (non-hydrogen) atoms. The van der Waals surface area contributed by atoms with E-state index in [0.29, 0.717) is 35.7 Å². The first-order valence-electron chi connectivity index (χ1n) is 11.3. The van der Waals surface area contributed by atoms with Crippen LogP contribution in [-0.4, -0.2) is 31.1 Å². The molecule has 9 nitrogen and oxygen atoms in total. The van der Waals surface area contributed by atoms with Crippen LogP contribution in [0.2, 0.25) is 0 Å². The number of nitrogens with one attached hydrogen (secondary N) is 2. The van der Waals surface area contributed by atoms with E-state index in [4.69, 9.17) is 9.26 Å². The van der Waals surface area contributed by atoms with E-state index in [1.165, 1.54) is 18.2 Å². The van der Waals surface area contributed by atoms with E-state index in [-0.39, 0.29) is 16.4 Å². The van der Waals surface area contributed by atoms with E-state index in [0.717, 1.165) is 12.8 Å². The molecule has 1 amide bonds. The number of rotatable bonds is 10. The second-order valence-electron chi connectivity index (χ2n) is 8.55. The molecule has 1 unspecified atom stereocenters. The van der Waals surface area contributed by atoms with E-state index in [1.807, 2.05) is 20.8 Å². The number of amides is 1. The van der Waals surface area contributed by atoms with Gasteiger partial charge in [0.15, 0.2) is 5.82 Å². The molecular weight excluding hydrogens is 456 g/mol. The number of aromatic nitrogens is 2. The molecule has 3 aromatic rings. The largest absolute Gasteiger partial charge is 0.494 e. The molecule has 180 valence electrons. The van der Waals surface area contributed by atoms with Crippen molar-refractivity contribution in [2.75, 3.05) is 11.3 Å². The number of anilines is 1. The van der Waals surface area contributed by atoms with Crippen LogP contribution in [0.3, 0.4) is 0 Å². The Balaban J connectivity index is 1.49. The molecule has 2 aromatic carbocycles. The summed E-state index contributed by atoms with van der Waals surface area (Å²) < 4.78 is 39.1. The second kappa shape index (κ2) is 9.84. The van der Waals surface area contributed by atoms with Crippen LogP contribution in [0.4, 0.5) is 5.69 Å². The molecule has 0 spiro atoms. The van der Waals surface area contributed by atoms with Crippen molar-refractivity contribution in [2.24, 2.45) is 5.92 Å². The number of hydrogen-bond donors (Lipinski definition) is 2. The maximum absolute atomic E-state index is 13.0. The third-order valence-electron chi connectivity index (χ3n) is 5.44. The van der Waals surface area contributed by atoms with Gasteiger partial charge in [0.05, 0.1) is 11.5 Å². The van der Waals surface area contributed by atoms with Crippen LogP contribution in [0.1, 0.15) is 67.6 Å². The fraction of sp³-hybridized carbons (Fsp3) is 0.375. The Bertz CT molecular complexity index is 1250. The molecule has 1 atom stereocenters. The fourth-order valence-corrected chi connectivity index (χ4v) is 4.53. The Hall–Kier alpha value is -3.40. The topological polar surface area (TPSA) is 123 Å². The minimum atomic E-state index is -3.90. The smallest absolute Gasteiger partial charge is 0.261 e. The van der Waals surface area contributed by atoms with Gasteiger partial charge >= 0.3 is 0 Å². The zero-order chi connectivity index (χ0) is 24.3. The van der Waals surface area contributed by atoms with Crippen molar-refractivity contribution in [3.05, 3.63) is 65.8 Å². The Morgan fingerprint density at radius 2 is 1.91 bits per heavy atom. The van der Waals surface area contributed by atoms with Crippen molar-refractivity contribution in [2.45, 2.75) is 50.5 Å². The van der Waals surface area contributed by atoms with E-state index in [2.05, 4.69) is 20.2 Å². The third kappa shape index (κ3) is 5.56. The first-order chi connectivity index (χ1) is 16.3. The van der Waals surface area contributed by atoms with E-state index < -0.39 is 22.0 Å². The number of ether oxygens (including phenoxy) is 1. The van der Waals surface area contributed by atoms with Gasteiger partial charge in [-0.1, -0.05) is 25.1 Å². The van der Waals surface area contributed by atoms with Crippen molar-refractivity contribution >= 4 is 21.6 Å². The Kier molecular flexibility index (Phi) is 6.87. The van der Waals surface area contributed by atoms with Crippen LogP contribution >= 0.6 is 0 Å². The van der Waals surface area contributed by atoms with Crippen molar-refractivity contribution < 1.29 is 22.5 Å². The summed E-state index contributed by atoms with van der Waals surface area (Å²) in [5.74, 6) is 1.57. The van der Waals surface area contributed by atoms with Crippen LogP contribution in [0.5, 0.6) is 5.75 Å². The summed E-state index contributed by atoms with van der Waals surface area (Å²) in [6.07, 6.45) is 2.09. The third-order valence-corrected chi connectivity index (χ3v) is 6.82. The van der Waals surface area contributed by atoms with Crippen LogP contribution in [0, 0.1) is 5.92 Å². The monoisotopic (exact) mass is 484 g/mol. The molecule has 4 rings (SSSR count). The first-order valence-corrected chi connectivity index (χ1v) is 12.7. The van der Waals surface area contributed by atoms with Gasteiger partial charge in [-0.15, -0.1) is 0 Å². The van der Waals surface area contributed by atoms with Crippen LogP contribution in [-0.2, 0) is 10.0 Å². The summed E-state index contributed by atoms with van der Waals surface area (Å²) >= 11 is 0. The molecule has 1 heterocycles. The van der Waals surface area contributed by atoms with Crippen molar-refractivity contribution in [1.29, 1.82) is 0 Å². The molecule has 1 fully saturated rings. The van der Waals surface area contributed by atoms with Crippen molar-refractivity contribution in [1.82, 2.24) is 15.5 Å². The van der Waals surface area contributed by atoms with Gasteiger partial charge < -0.3 is 14.6 Å². The molecule has 0 bridgehead atoms. The summed E-state index contributed by atoms with van der Waals surface area (Å²) in [6, 6.07) is 12.0. The average molecular weight is 485 g/mol. The van der Waals surface area contributed by atoms with E-state index >= 15 is 0 Å². The fourth-order valence-electron chi connectivity index (χ4n) is 3.42. The number of nitrogens with zero attached hydrogens (tertiary/aromatic N) is 2. The highest BCUT2D eigenvalue weighted by Crippen LogP contribution is 2.38. The number of carbonyl (C=O) groups excluding carboxylic acids is 1. The molecule has 10 heteroatoms. The van der Waals surface area contributed by atoms with Gasteiger partial charge in [-0.3, -0.25) is 9.52 Å². The number of hydrogen-bond acceptors (Lipinski definition) is 7. The van der Waals surface area contributed by atoms with Crippen molar-refractivity contribution in [3.8, 4) is 5.75 Å². The average Bonchev–Trinajstić information content (AvgIpc) is 3.55. The van der Waals surface area contributed by atoms with Crippen LogP contribution in [0.25, 0.3) is 0 Å². The van der Waals surface area contributed by atoms with E-state index in [9.17, 15) is 13.2 Å². The molecule has 1 aliphatic carbocycles. The van der Waals surface area contributed by atoms with Gasteiger partial charge in [0, 0.05) is 17.2 Å². The molecule has 2 N–H and O–H groups in total. The van der Waals surface area contributed by atoms with Gasteiger partial charge in [-0.25, -0.2) is 8.42 Å². The lowest BCUT2D eigenvalue weighted by Crippen LogP contribution is -2.32. The predicted octanol–water partition coefficient (Wildman–Crippen LogP) is 4.27. The summed E-state index contributed by atoms with van der Waals surface area (Å²) in [5.41, 5.74) is 0.600. The lowest BCUT2D eigenvalue weighted by Gasteiger charge is -2.18. The van der Waals surface area contributed by atoms with Crippen LogP contribution < -0.4 is 14.8 Å². The van der Waals surface area contributed by atoms with Crippen LogP contribution in [0.15, 0.2) is 57.9 Å².